The van der Waals surface area contributed by atoms with E-state index in [0.29, 0.717) is 17.7 Å². The largest absolute Gasteiger partial charge is 0.496 e. The molecule has 0 spiro atoms. The first-order valence-corrected chi connectivity index (χ1v) is 9.45. The van der Waals surface area contributed by atoms with E-state index >= 15 is 0 Å². The van der Waals surface area contributed by atoms with Gasteiger partial charge in [0.2, 0.25) is 5.91 Å². The molecule has 1 heterocycles. The van der Waals surface area contributed by atoms with Crippen molar-refractivity contribution in [2.75, 3.05) is 34.3 Å². The number of nitrogens with zero attached hydrogens (tertiary/aromatic N) is 2. The molecule has 0 saturated heterocycles. The van der Waals surface area contributed by atoms with Gasteiger partial charge in [0.25, 0.3) is 11.8 Å². The van der Waals surface area contributed by atoms with Crippen LogP contribution in [0, 0.1) is 0 Å². The second-order valence-corrected chi connectivity index (χ2v) is 7.08. The lowest BCUT2D eigenvalue weighted by Gasteiger charge is -2.26. The quantitative estimate of drug-likeness (QED) is 0.693. The van der Waals surface area contributed by atoms with Gasteiger partial charge in [-0.2, -0.15) is 0 Å². The van der Waals surface area contributed by atoms with Crippen molar-refractivity contribution in [1.82, 2.24) is 15.1 Å². The summed E-state index contributed by atoms with van der Waals surface area (Å²) in [6, 6.07) is 14.3. The van der Waals surface area contributed by atoms with Gasteiger partial charge in [-0.25, -0.2) is 0 Å². The summed E-state index contributed by atoms with van der Waals surface area (Å²) < 4.78 is 5.43. The number of carbonyl (C=O) groups is 3. The van der Waals surface area contributed by atoms with E-state index in [4.69, 9.17) is 4.74 Å². The fourth-order valence-electron chi connectivity index (χ4n) is 3.47. The Hall–Kier alpha value is -3.19. The van der Waals surface area contributed by atoms with Crippen LogP contribution in [0.4, 0.5) is 0 Å². The van der Waals surface area contributed by atoms with E-state index in [0.717, 1.165) is 16.2 Å². The predicted octanol–water partition coefficient (Wildman–Crippen LogP) is 2.10. The molecule has 1 aliphatic heterocycles. The fraction of sp³-hybridized carbons (Fsp3) is 0.318. The van der Waals surface area contributed by atoms with Crippen molar-refractivity contribution < 1.29 is 19.1 Å². The molecule has 7 nitrogen and oxygen atoms in total. The van der Waals surface area contributed by atoms with E-state index in [1.165, 1.54) is 0 Å². The van der Waals surface area contributed by atoms with Gasteiger partial charge in [0.15, 0.2) is 0 Å². The summed E-state index contributed by atoms with van der Waals surface area (Å²) in [5, 5.41) is 2.90. The van der Waals surface area contributed by atoms with Gasteiger partial charge in [-0.05, 0) is 32.3 Å². The normalized spacial score (nSPS) is 14.1. The van der Waals surface area contributed by atoms with Crippen LogP contribution in [-0.2, 0) is 4.79 Å². The molecule has 1 atom stereocenters. The first-order valence-electron chi connectivity index (χ1n) is 9.45. The highest BCUT2D eigenvalue weighted by Gasteiger charge is 2.35. The van der Waals surface area contributed by atoms with Crippen LogP contribution < -0.4 is 10.1 Å². The molecule has 0 radical (unpaired) electrons. The lowest BCUT2D eigenvalue weighted by atomic mass is 10.0. The van der Waals surface area contributed by atoms with Crippen molar-refractivity contribution in [3.8, 4) is 5.75 Å². The molecule has 0 aliphatic carbocycles. The highest BCUT2D eigenvalue weighted by atomic mass is 16.5. The third-order valence-corrected chi connectivity index (χ3v) is 5.05. The molecule has 0 saturated carbocycles. The number of amides is 3. The summed E-state index contributed by atoms with van der Waals surface area (Å²) in [5.74, 6) is -0.160. The molecule has 7 heteroatoms. The summed E-state index contributed by atoms with van der Waals surface area (Å²) in [6.45, 7) is 0.438. The Labute approximate surface area is 170 Å². The molecule has 1 unspecified atom stereocenters. The Morgan fingerprint density at radius 2 is 1.62 bits per heavy atom. The van der Waals surface area contributed by atoms with Gasteiger partial charge in [0.05, 0.1) is 24.3 Å². The molecular formula is C22H25N3O4. The maximum atomic E-state index is 12.4. The Balaban J connectivity index is 1.58. The Morgan fingerprint density at radius 3 is 2.21 bits per heavy atom. The lowest BCUT2D eigenvalue weighted by molar-refractivity contribution is -0.121. The minimum Gasteiger partial charge on any atom is -0.496 e. The standard InChI is InChI=1S/C22H25N3O4/c1-24(2)18(17-10-6-7-11-19(17)29-3)14-23-20(26)12-13-25-21(27)15-8-4-5-9-16(15)22(25)28/h4-11,18H,12-14H2,1-3H3,(H,23,26). The Morgan fingerprint density at radius 1 is 1.03 bits per heavy atom. The zero-order chi connectivity index (χ0) is 21.0. The van der Waals surface area contributed by atoms with E-state index in [2.05, 4.69) is 5.32 Å². The Kier molecular flexibility index (Phi) is 6.29. The first-order chi connectivity index (χ1) is 13.9. The number of benzene rings is 2. The number of hydrogen-bond donors (Lipinski definition) is 1. The van der Waals surface area contributed by atoms with E-state index < -0.39 is 0 Å². The Bertz CT molecular complexity index is 891. The van der Waals surface area contributed by atoms with Crippen LogP contribution in [0.5, 0.6) is 5.75 Å². The van der Waals surface area contributed by atoms with E-state index in [9.17, 15) is 14.4 Å². The highest BCUT2D eigenvalue weighted by Crippen LogP contribution is 2.27. The molecule has 0 aromatic heterocycles. The monoisotopic (exact) mass is 395 g/mol. The molecular weight excluding hydrogens is 370 g/mol. The molecule has 1 aliphatic rings. The van der Waals surface area contributed by atoms with Crippen LogP contribution >= 0.6 is 0 Å². The molecule has 3 rings (SSSR count). The average molecular weight is 395 g/mol. The number of rotatable bonds is 8. The number of para-hydroxylation sites is 1. The summed E-state index contributed by atoms with van der Waals surface area (Å²) >= 11 is 0. The summed E-state index contributed by atoms with van der Waals surface area (Å²) in [4.78, 5) is 40.3. The second kappa shape index (κ2) is 8.87. The zero-order valence-corrected chi connectivity index (χ0v) is 16.8. The number of carbonyl (C=O) groups excluding carboxylic acids is 3. The van der Waals surface area contributed by atoms with Gasteiger partial charge >= 0.3 is 0 Å². The molecule has 3 amide bonds. The van der Waals surface area contributed by atoms with Crippen molar-refractivity contribution >= 4 is 17.7 Å². The SMILES string of the molecule is COc1ccccc1C(CNC(=O)CCN1C(=O)c2ccccc2C1=O)N(C)C. The molecule has 2 aromatic carbocycles. The minimum absolute atomic E-state index is 0.0531. The predicted molar refractivity (Wildman–Crippen MR) is 109 cm³/mol. The maximum absolute atomic E-state index is 12.4. The molecule has 0 fully saturated rings. The van der Waals surface area contributed by atoms with E-state index in [-0.39, 0.29) is 36.7 Å². The van der Waals surface area contributed by atoms with Crippen molar-refractivity contribution in [3.05, 3.63) is 65.2 Å². The third-order valence-electron chi connectivity index (χ3n) is 5.05. The van der Waals surface area contributed by atoms with Crippen molar-refractivity contribution in [3.63, 3.8) is 0 Å². The van der Waals surface area contributed by atoms with Gasteiger partial charge in [0, 0.05) is 25.1 Å². The van der Waals surface area contributed by atoms with Gasteiger partial charge in [0.1, 0.15) is 5.75 Å². The van der Waals surface area contributed by atoms with Crippen LogP contribution in [0.1, 0.15) is 38.7 Å². The number of methoxy groups -OCH3 is 1. The van der Waals surface area contributed by atoms with Crippen LogP contribution in [-0.4, -0.2) is 61.8 Å². The average Bonchev–Trinajstić information content (AvgIpc) is 2.97. The van der Waals surface area contributed by atoms with Crippen LogP contribution in [0.3, 0.4) is 0 Å². The van der Waals surface area contributed by atoms with Crippen LogP contribution in [0.2, 0.25) is 0 Å². The number of likely N-dealkylation sites (N-methyl/N-ethyl adjacent to an activating group) is 1. The molecule has 1 N–H and O–H groups in total. The van der Waals surface area contributed by atoms with Crippen molar-refractivity contribution in [2.24, 2.45) is 0 Å². The molecule has 29 heavy (non-hydrogen) atoms. The van der Waals surface area contributed by atoms with Gasteiger partial charge in [-0.15, -0.1) is 0 Å². The zero-order valence-electron chi connectivity index (χ0n) is 16.8. The molecule has 152 valence electrons. The minimum atomic E-state index is -0.349. The number of ether oxygens (including phenoxy) is 1. The smallest absolute Gasteiger partial charge is 0.261 e. The second-order valence-electron chi connectivity index (χ2n) is 7.08. The highest BCUT2D eigenvalue weighted by molar-refractivity contribution is 6.21. The third kappa shape index (κ3) is 4.30. The summed E-state index contributed by atoms with van der Waals surface area (Å²) in [7, 11) is 5.48. The van der Waals surface area contributed by atoms with E-state index in [1.807, 2.05) is 43.3 Å². The summed E-state index contributed by atoms with van der Waals surface area (Å²) in [6.07, 6.45) is 0.0531. The maximum Gasteiger partial charge on any atom is 0.261 e. The fourth-order valence-corrected chi connectivity index (χ4v) is 3.47. The van der Waals surface area contributed by atoms with Gasteiger partial charge < -0.3 is 15.0 Å². The van der Waals surface area contributed by atoms with Gasteiger partial charge in [-0.1, -0.05) is 30.3 Å². The van der Waals surface area contributed by atoms with Crippen molar-refractivity contribution in [1.29, 1.82) is 0 Å². The number of hydrogen-bond acceptors (Lipinski definition) is 5. The first kappa shape index (κ1) is 20.5. The lowest BCUT2D eigenvalue weighted by Crippen LogP contribution is -2.37. The molecule has 2 aromatic rings. The topological polar surface area (TPSA) is 79.0 Å². The van der Waals surface area contributed by atoms with Gasteiger partial charge in [-0.3, -0.25) is 19.3 Å². The van der Waals surface area contributed by atoms with Crippen LogP contribution in [0.15, 0.2) is 48.5 Å². The number of fused-ring (bicyclic) bond motifs is 1. The summed E-state index contributed by atoms with van der Waals surface area (Å²) in [5.41, 5.74) is 1.75. The number of nitrogens with one attached hydrogen (secondary N) is 1. The van der Waals surface area contributed by atoms with Crippen LogP contribution in [0.25, 0.3) is 0 Å². The molecule has 0 bridgehead atoms. The number of imide groups is 1. The van der Waals surface area contributed by atoms with Crippen molar-refractivity contribution in [2.45, 2.75) is 12.5 Å². The van der Waals surface area contributed by atoms with E-state index in [1.54, 1.807) is 31.4 Å².